The molecule has 29 nitrogen and oxygen atoms in total. The summed E-state index contributed by atoms with van der Waals surface area (Å²) in [4.78, 5) is 74.5. The second-order valence-corrected chi connectivity index (χ2v) is 17.0. The summed E-state index contributed by atoms with van der Waals surface area (Å²) in [6, 6.07) is -4.97. The van der Waals surface area contributed by atoms with E-state index in [0.717, 1.165) is 20.8 Å². The van der Waals surface area contributed by atoms with E-state index < -0.39 is 153 Å². The summed E-state index contributed by atoms with van der Waals surface area (Å²) in [5.74, 6) is -2.39. The Labute approximate surface area is 328 Å². The normalized spacial score (nSPS) is 37.9. The van der Waals surface area contributed by atoms with Crippen LogP contribution in [0.25, 0.3) is 0 Å². The highest BCUT2D eigenvalue weighted by molar-refractivity contribution is 7.47. The second kappa shape index (κ2) is 21.4. The summed E-state index contributed by atoms with van der Waals surface area (Å²) in [6.45, 7) is -0.504. The van der Waals surface area contributed by atoms with E-state index in [2.05, 4.69) is 20.5 Å². The lowest BCUT2D eigenvalue weighted by Gasteiger charge is -2.43. The van der Waals surface area contributed by atoms with Crippen molar-refractivity contribution >= 4 is 41.2 Å². The van der Waals surface area contributed by atoms with Crippen molar-refractivity contribution in [2.75, 3.05) is 33.0 Å². The van der Waals surface area contributed by atoms with E-state index in [-0.39, 0.29) is 13.2 Å². The van der Waals surface area contributed by atoms with Gasteiger partial charge in [0.05, 0.1) is 26.4 Å². The molecule has 3 amide bonds. The summed E-state index contributed by atoms with van der Waals surface area (Å²) in [6.07, 6.45) is -23.2. The Balaban J connectivity index is 1.74. The zero-order valence-electron chi connectivity index (χ0n) is 30.7. The number of rotatable bonds is 19. The maximum absolute atomic E-state index is 13.1. The number of amides is 3. The Kier molecular flexibility index (Phi) is 18.7. The number of aliphatic hydroxyl groups is 6. The van der Waals surface area contributed by atoms with Crippen LogP contribution in [-0.2, 0) is 69.6 Å². The highest BCUT2D eigenvalue weighted by atomic mass is 31.2. The first-order valence-electron chi connectivity index (χ1n) is 16.9. The number of nitrogens with two attached hydrogens (primary N) is 1. The molecule has 15 N–H and O–H groups in total. The van der Waals surface area contributed by atoms with Gasteiger partial charge in [-0.2, -0.15) is 0 Å². The Morgan fingerprint density at radius 2 is 0.862 bits per heavy atom. The first-order valence-corrected chi connectivity index (χ1v) is 21.5. The molecule has 3 heterocycles. The van der Waals surface area contributed by atoms with Crippen molar-refractivity contribution in [2.24, 2.45) is 5.73 Å². The molecule has 58 heavy (non-hydrogen) atoms. The fourth-order valence-electron chi connectivity index (χ4n) is 5.71. The van der Waals surface area contributed by atoms with Crippen molar-refractivity contribution in [2.45, 2.75) is 113 Å². The van der Waals surface area contributed by atoms with Crippen LogP contribution in [0.5, 0.6) is 0 Å². The number of phosphoric ester groups is 3. The molecule has 0 radical (unpaired) electrons. The molecule has 0 saturated carbocycles. The van der Waals surface area contributed by atoms with Gasteiger partial charge in [-0.15, -0.1) is 0 Å². The summed E-state index contributed by atoms with van der Waals surface area (Å²) in [5.41, 5.74) is 5.43. The lowest BCUT2D eigenvalue weighted by molar-refractivity contribution is -0.270. The van der Waals surface area contributed by atoms with Crippen molar-refractivity contribution in [3.8, 4) is 0 Å². The van der Waals surface area contributed by atoms with Crippen LogP contribution in [0.2, 0.25) is 0 Å². The molecule has 3 aliphatic rings. The Morgan fingerprint density at radius 3 is 1.17 bits per heavy atom. The molecular formula is C26H49N4O25P3. The van der Waals surface area contributed by atoms with Crippen LogP contribution in [0, 0.1) is 0 Å². The minimum absolute atomic E-state index is 0.0260. The largest absolute Gasteiger partial charge is 0.474 e. The molecule has 0 bridgehead atoms. The fraction of sp³-hybridized carbons (Fsp3) is 0.885. The molecule has 3 fully saturated rings. The van der Waals surface area contributed by atoms with Crippen molar-refractivity contribution in [3.63, 3.8) is 0 Å². The molecule has 0 aromatic heterocycles. The Morgan fingerprint density at radius 1 is 0.552 bits per heavy atom. The third-order valence-electron chi connectivity index (χ3n) is 8.30. The van der Waals surface area contributed by atoms with Crippen LogP contribution in [0.1, 0.15) is 20.8 Å². The van der Waals surface area contributed by atoms with Gasteiger partial charge in [0.25, 0.3) is 0 Å². The minimum Gasteiger partial charge on any atom is -0.388 e. The maximum atomic E-state index is 13.1. The van der Waals surface area contributed by atoms with E-state index in [1.54, 1.807) is 0 Å². The number of ether oxygens (including phenoxy) is 4. The van der Waals surface area contributed by atoms with Crippen LogP contribution in [-0.4, -0.2) is 193 Å². The molecule has 0 aliphatic carbocycles. The van der Waals surface area contributed by atoms with Gasteiger partial charge in [-0.1, -0.05) is 0 Å². The number of nitrogens with one attached hydrogen (secondary N) is 3. The van der Waals surface area contributed by atoms with Gasteiger partial charge < -0.3 is 90.8 Å². The molecular weight excluding hydrogens is 861 g/mol. The fourth-order valence-corrected chi connectivity index (χ4v) is 7.73. The van der Waals surface area contributed by atoms with E-state index in [9.17, 15) is 68.5 Å². The molecule has 3 rings (SSSR count). The SMILES string of the molecule is CC(=O)N[C@@H]1[C@@H](OP(=O)(O)OC[C@H]2O[C@H](OP(=O)(O)OC[C@H]3O[C@H](OCCN)[C@@H](NC(C)=O)[C@@H](O)[C@@H]3O)[C@@H](NC(C)=O)[C@@H](O)[C@@H]2O)O[C@H](COP(=O)(O)O)[C@@H](O)[C@@H]1O. The second-order valence-electron chi connectivity index (χ2n) is 12.9. The molecule has 32 heteroatoms. The van der Waals surface area contributed by atoms with Gasteiger partial charge in [-0.3, -0.25) is 37.0 Å². The van der Waals surface area contributed by atoms with Crippen LogP contribution >= 0.6 is 23.5 Å². The van der Waals surface area contributed by atoms with E-state index in [4.69, 9.17) is 52.6 Å². The average Bonchev–Trinajstić information content (AvgIpc) is 3.10. The number of carbonyl (C=O) groups excluding carboxylic acids is 3. The molecule has 3 aliphatic heterocycles. The summed E-state index contributed by atoms with van der Waals surface area (Å²) >= 11 is 0. The smallest absolute Gasteiger partial charge is 0.388 e. The van der Waals surface area contributed by atoms with Gasteiger partial charge in [0, 0.05) is 27.3 Å². The number of carbonyl (C=O) groups is 3. The van der Waals surface area contributed by atoms with Crippen molar-refractivity contribution in [3.05, 3.63) is 0 Å². The molecule has 0 spiro atoms. The Hall–Kier alpha value is -1.70. The number of hydrogen-bond donors (Lipinski definition) is 14. The van der Waals surface area contributed by atoms with Gasteiger partial charge >= 0.3 is 23.5 Å². The summed E-state index contributed by atoms with van der Waals surface area (Å²) in [5, 5.41) is 70.3. The first-order chi connectivity index (χ1) is 26.8. The third-order valence-corrected chi connectivity index (χ3v) is 10.7. The summed E-state index contributed by atoms with van der Waals surface area (Å²) in [7, 11) is -16.1. The minimum atomic E-state index is -5.51. The van der Waals surface area contributed by atoms with E-state index in [1.165, 1.54) is 0 Å². The predicted molar refractivity (Wildman–Crippen MR) is 182 cm³/mol. The highest BCUT2D eigenvalue weighted by Crippen LogP contribution is 2.49. The van der Waals surface area contributed by atoms with Crippen LogP contribution in [0.3, 0.4) is 0 Å². The van der Waals surface area contributed by atoms with Gasteiger partial charge in [0.1, 0.15) is 73.1 Å². The topological polar surface area (TPSA) is 450 Å². The quantitative estimate of drug-likeness (QED) is 0.0536. The molecule has 0 aromatic carbocycles. The zero-order chi connectivity index (χ0) is 43.9. The number of hydrogen-bond acceptors (Lipinski definition) is 22. The molecule has 338 valence electrons. The number of phosphoric acid groups is 3. The van der Waals surface area contributed by atoms with Gasteiger partial charge in [-0.05, 0) is 0 Å². The predicted octanol–water partition coefficient (Wildman–Crippen LogP) is -6.81. The lowest BCUT2D eigenvalue weighted by Crippen LogP contribution is -2.65. The average molecular weight is 911 g/mol. The third kappa shape index (κ3) is 14.7. The van der Waals surface area contributed by atoms with Crippen LogP contribution in [0.4, 0.5) is 0 Å². The highest BCUT2D eigenvalue weighted by Gasteiger charge is 2.52. The standard InChI is InChI=1S/C26H49N4O25P3/c1-9(31)28-15-21(37)19(35)13(51-24(15)47-5-4-27)7-49-57(43,44)55-26-17(30-11(3)33)23(39)20(36)14(53-26)8-50-58(45,46)54-25-16(29-10(2)32)22(38)18(34)12(52-25)6-48-56(40,41)42/h12-26,34-39H,4-8,27H2,1-3H3,(H,28,31)(H,29,32)(H,30,33)(H,43,44)(H,45,46)(H2,40,41,42)/t12-,13-,14-,15+,16+,17+,18-,19-,20-,21-,22-,23-,24+,25-,26-/m1/s1. The van der Waals surface area contributed by atoms with Crippen molar-refractivity contribution < 1.29 is 120 Å². The van der Waals surface area contributed by atoms with Crippen LogP contribution in [0.15, 0.2) is 0 Å². The number of aliphatic hydroxyl groups excluding tert-OH is 6. The van der Waals surface area contributed by atoms with Crippen molar-refractivity contribution in [1.82, 2.24) is 16.0 Å². The monoisotopic (exact) mass is 910 g/mol. The molecule has 3 saturated heterocycles. The maximum Gasteiger partial charge on any atom is 0.474 e. The van der Waals surface area contributed by atoms with E-state index >= 15 is 0 Å². The van der Waals surface area contributed by atoms with Crippen molar-refractivity contribution in [1.29, 1.82) is 0 Å². The lowest BCUT2D eigenvalue weighted by atomic mass is 9.97. The molecule has 0 aromatic rings. The van der Waals surface area contributed by atoms with Crippen LogP contribution < -0.4 is 21.7 Å². The molecule has 2 unspecified atom stereocenters. The summed E-state index contributed by atoms with van der Waals surface area (Å²) < 4.78 is 82.9. The Bertz CT molecular complexity index is 1540. The van der Waals surface area contributed by atoms with E-state index in [1.807, 2.05) is 0 Å². The zero-order valence-corrected chi connectivity index (χ0v) is 33.4. The first kappa shape index (κ1) is 50.7. The molecule has 17 atom stereocenters. The van der Waals surface area contributed by atoms with Gasteiger partial charge in [-0.25, -0.2) is 13.7 Å². The van der Waals surface area contributed by atoms with E-state index in [0.29, 0.717) is 0 Å². The van der Waals surface area contributed by atoms with Gasteiger partial charge in [0.15, 0.2) is 18.9 Å². The van der Waals surface area contributed by atoms with Gasteiger partial charge in [0.2, 0.25) is 17.7 Å².